The quantitative estimate of drug-likeness (QED) is 0.644. The molecular formula is C10H11N3O4. The van der Waals surface area contributed by atoms with Gasteiger partial charge in [-0.3, -0.25) is 14.9 Å². The van der Waals surface area contributed by atoms with Crippen molar-refractivity contribution in [1.29, 1.82) is 0 Å². The van der Waals surface area contributed by atoms with Gasteiger partial charge in [0.1, 0.15) is 5.75 Å². The van der Waals surface area contributed by atoms with Gasteiger partial charge in [-0.2, -0.15) is 0 Å². The molecule has 1 rings (SSSR count). The number of urea groups is 1. The van der Waals surface area contributed by atoms with Gasteiger partial charge in [-0.05, 0) is 12.1 Å². The first-order chi connectivity index (χ1) is 8.00. The summed E-state index contributed by atoms with van der Waals surface area (Å²) in [6.07, 6.45) is 0. The van der Waals surface area contributed by atoms with Crippen LogP contribution in [-0.2, 0) is 4.79 Å². The van der Waals surface area contributed by atoms with Crippen LogP contribution < -0.4 is 21.5 Å². The number of primary amides is 2. The van der Waals surface area contributed by atoms with E-state index in [2.05, 4.69) is 0 Å². The Labute approximate surface area is 96.7 Å². The van der Waals surface area contributed by atoms with E-state index in [9.17, 15) is 14.4 Å². The van der Waals surface area contributed by atoms with E-state index >= 15 is 0 Å². The van der Waals surface area contributed by atoms with Crippen molar-refractivity contribution in [3.8, 4) is 5.75 Å². The maximum absolute atomic E-state index is 11.1. The standard InChI is InChI=1S/C10H11N3O4/c11-9(15)6-3-1-2-4-7(6)17-5-8(14)13-10(12)16/h1-4H,5H2,(H2,11,15)(H3,12,13,14,16). The number of carbonyl (C=O) groups is 3. The van der Waals surface area contributed by atoms with E-state index in [4.69, 9.17) is 16.2 Å². The van der Waals surface area contributed by atoms with Crippen molar-refractivity contribution in [1.82, 2.24) is 5.32 Å². The zero-order valence-electron chi connectivity index (χ0n) is 8.80. The molecule has 0 aliphatic rings. The van der Waals surface area contributed by atoms with Gasteiger partial charge in [-0.15, -0.1) is 0 Å². The van der Waals surface area contributed by atoms with Crippen molar-refractivity contribution in [2.75, 3.05) is 6.61 Å². The lowest BCUT2D eigenvalue weighted by molar-refractivity contribution is -0.121. The molecule has 1 aromatic carbocycles. The summed E-state index contributed by atoms with van der Waals surface area (Å²) in [5.41, 5.74) is 10.0. The lowest BCUT2D eigenvalue weighted by Gasteiger charge is -2.08. The molecule has 0 spiro atoms. The zero-order valence-corrected chi connectivity index (χ0v) is 8.80. The van der Waals surface area contributed by atoms with Crippen molar-refractivity contribution in [3.63, 3.8) is 0 Å². The van der Waals surface area contributed by atoms with Crippen LogP contribution in [0.4, 0.5) is 4.79 Å². The Balaban J connectivity index is 2.66. The smallest absolute Gasteiger partial charge is 0.318 e. The summed E-state index contributed by atoms with van der Waals surface area (Å²) in [7, 11) is 0. The van der Waals surface area contributed by atoms with Gasteiger partial charge in [0.25, 0.3) is 11.8 Å². The fourth-order valence-electron chi connectivity index (χ4n) is 1.11. The van der Waals surface area contributed by atoms with Gasteiger partial charge in [0.05, 0.1) is 5.56 Å². The number of hydrogen-bond acceptors (Lipinski definition) is 4. The number of hydrogen-bond donors (Lipinski definition) is 3. The molecule has 4 amide bonds. The number of benzene rings is 1. The number of para-hydroxylation sites is 1. The Kier molecular flexibility index (Phi) is 4.04. The highest BCUT2D eigenvalue weighted by molar-refractivity contribution is 5.96. The van der Waals surface area contributed by atoms with E-state index < -0.39 is 24.5 Å². The van der Waals surface area contributed by atoms with Crippen LogP contribution in [-0.4, -0.2) is 24.5 Å². The predicted octanol–water partition coefficient (Wildman–Crippen LogP) is -0.641. The van der Waals surface area contributed by atoms with Crippen LogP contribution in [0.3, 0.4) is 0 Å². The third-order valence-corrected chi connectivity index (χ3v) is 1.77. The van der Waals surface area contributed by atoms with E-state index in [1.165, 1.54) is 12.1 Å². The maximum atomic E-state index is 11.1. The fraction of sp³-hybridized carbons (Fsp3) is 0.100. The molecule has 90 valence electrons. The molecular weight excluding hydrogens is 226 g/mol. The number of nitrogens with one attached hydrogen (secondary N) is 1. The van der Waals surface area contributed by atoms with E-state index in [1.54, 1.807) is 12.1 Å². The van der Waals surface area contributed by atoms with Gasteiger partial charge < -0.3 is 16.2 Å². The van der Waals surface area contributed by atoms with Crippen LogP contribution in [0.15, 0.2) is 24.3 Å². The molecule has 0 aliphatic heterocycles. The van der Waals surface area contributed by atoms with Gasteiger partial charge >= 0.3 is 6.03 Å². The molecule has 0 fully saturated rings. The van der Waals surface area contributed by atoms with E-state index in [-0.39, 0.29) is 11.3 Å². The average Bonchev–Trinajstić information content (AvgIpc) is 2.25. The topological polar surface area (TPSA) is 125 Å². The van der Waals surface area contributed by atoms with Crippen molar-refractivity contribution >= 4 is 17.8 Å². The SMILES string of the molecule is NC(=O)NC(=O)COc1ccccc1C(N)=O. The number of carbonyl (C=O) groups excluding carboxylic acids is 3. The highest BCUT2D eigenvalue weighted by Gasteiger charge is 2.10. The second-order valence-corrected chi connectivity index (χ2v) is 3.06. The highest BCUT2D eigenvalue weighted by Crippen LogP contribution is 2.16. The van der Waals surface area contributed by atoms with Gasteiger partial charge in [-0.1, -0.05) is 12.1 Å². The summed E-state index contributed by atoms with van der Waals surface area (Å²) in [6, 6.07) is 5.20. The molecule has 0 aromatic heterocycles. The average molecular weight is 237 g/mol. The summed E-state index contributed by atoms with van der Waals surface area (Å²) >= 11 is 0. The number of rotatable bonds is 4. The molecule has 0 saturated carbocycles. The van der Waals surface area contributed by atoms with Crippen molar-refractivity contribution in [2.24, 2.45) is 11.5 Å². The summed E-state index contributed by atoms with van der Waals surface area (Å²) in [5, 5.41) is 1.82. The second-order valence-electron chi connectivity index (χ2n) is 3.06. The minimum atomic E-state index is -0.971. The van der Waals surface area contributed by atoms with E-state index in [0.29, 0.717) is 0 Å². The number of amides is 4. The van der Waals surface area contributed by atoms with Crippen LogP contribution in [0.25, 0.3) is 0 Å². The molecule has 7 heteroatoms. The minimum Gasteiger partial charge on any atom is -0.483 e. The normalized spacial score (nSPS) is 9.41. The number of nitrogens with two attached hydrogens (primary N) is 2. The fourth-order valence-corrected chi connectivity index (χ4v) is 1.11. The monoisotopic (exact) mass is 237 g/mol. The Bertz CT molecular complexity index is 459. The highest BCUT2D eigenvalue weighted by atomic mass is 16.5. The Morgan fingerprint density at radius 2 is 1.82 bits per heavy atom. The van der Waals surface area contributed by atoms with E-state index in [0.717, 1.165) is 0 Å². The maximum Gasteiger partial charge on any atom is 0.318 e. The van der Waals surface area contributed by atoms with Gasteiger partial charge in [-0.25, -0.2) is 4.79 Å². The minimum absolute atomic E-state index is 0.152. The molecule has 0 saturated heterocycles. The lowest BCUT2D eigenvalue weighted by atomic mass is 10.2. The summed E-state index contributed by atoms with van der Waals surface area (Å²) in [6.45, 7) is -0.437. The van der Waals surface area contributed by atoms with Crippen LogP contribution in [0.2, 0.25) is 0 Å². The first-order valence-electron chi connectivity index (χ1n) is 4.61. The first kappa shape index (κ1) is 12.5. The molecule has 0 bridgehead atoms. The first-order valence-corrected chi connectivity index (χ1v) is 4.61. The van der Waals surface area contributed by atoms with Crippen molar-refractivity contribution in [3.05, 3.63) is 29.8 Å². The predicted molar refractivity (Wildman–Crippen MR) is 58.2 cm³/mol. The molecule has 17 heavy (non-hydrogen) atoms. The molecule has 5 N–H and O–H groups in total. The van der Waals surface area contributed by atoms with Crippen LogP contribution >= 0.6 is 0 Å². The van der Waals surface area contributed by atoms with Crippen LogP contribution in [0, 0.1) is 0 Å². The largest absolute Gasteiger partial charge is 0.483 e. The zero-order chi connectivity index (χ0) is 12.8. The molecule has 0 atom stereocenters. The molecule has 0 heterocycles. The third-order valence-electron chi connectivity index (χ3n) is 1.77. The van der Waals surface area contributed by atoms with Gasteiger partial charge in [0.2, 0.25) is 0 Å². The molecule has 7 nitrogen and oxygen atoms in total. The number of ether oxygens (including phenoxy) is 1. The third kappa shape index (κ3) is 3.82. The Morgan fingerprint density at radius 3 is 2.41 bits per heavy atom. The summed E-state index contributed by atoms with van der Waals surface area (Å²) in [5.74, 6) is -1.22. The van der Waals surface area contributed by atoms with Crippen molar-refractivity contribution in [2.45, 2.75) is 0 Å². The van der Waals surface area contributed by atoms with E-state index in [1.807, 2.05) is 5.32 Å². The summed E-state index contributed by atoms with van der Waals surface area (Å²) < 4.78 is 5.04. The summed E-state index contributed by atoms with van der Waals surface area (Å²) in [4.78, 5) is 32.4. The Hall–Kier alpha value is -2.57. The molecule has 0 unspecified atom stereocenters. The van der Waals surface area contributed by atoms with Crippen LogP contribution in [0.5, 0.6) is 5.75 Å². The lowest BCUT2D eigenvalue weighted by Crippen LogP contribution is -2.38. The molecule has 0 radical (unpaired) electrons. The Morgan fingerprint density at radius 1 is 1.18 bits per heavy atom. The molecule has 0 aliphatic carbocycles. The van der Waals surface area contributed by atoms with Gasteiger partial charge in [0.15, 0.2) is 6.61 Å². The molecule has 1 aromatic rings. The van der Waals surface area contributed by atoms with Crippen molar-refractivity contribution < 1.29 is 19.1 Å². The van der Waals surface area contributed by atoms with Gasteiger partial charge in [0, 0.05) is 0 Å². The number of imide groups is 1. The second kappa shape index (κ2) is 5.50. The van der Waals surface area contributed by atoms with Crippen LogP contribution in [0.1, 0.15) is 10.4 Å².